The van der Waals surface area contributed by atoms with E-state index < -0.39 is 0 Å². The van der Waals surface area contributed by atoms with Crippen molar-refractivity contribution in [2.24, 2.45) is 11.7 Å². The Bertz CT molecular complexity index is 504. The second-order valence-electron chi connectivity index (χ2n) is 5.74. The van der Waals surface area contributed by atoms with Crippen LogP contribution in [0.4, 0.5) is 5.82 Å². The van der Waals surface area contributed by atoms with Crippen molar-refractivity contribution in [1.82, 2.24) is 9.55 Å². The van der Waals surface area contributed by atoms with Crippen LogP contribution in [-0.4, -0.2) is 21.6 Å². The molecule has 3 rings (SSSR count). The van der Waals surface area contributed by atoms with Crippen LogP contribution >= 0.6 is 0 Å². The lowest BCUT2D eigenvalue weighted by molar-refractivity contribution is 0.456. The van der Waals surface area contributed by atoms with E-state index in [1.165, 1.54) is 12.8 Å². The minimum atomic E-state index is -0.200. The zero-order chi connectivity index (χ0) is 12.8. The Morgan fingerprint density at radius 2 is 2.22 bits per heavy atom. The molecular formula is C13H20N4O. The van der Waals surface area contributed by atoms with Gasteiger partial charge in [-0.25, -0.2) is 4.98 Å². The Morgan fingerprint density at radius 3 is 2.78 bits per heavy atom. The number of anilines is 1. The highest BCUT2D eigenvalue weighted by Gasteiger charge is 2.41. The zero-order valence-corrected chi connectivity index (χ0v) is 10.7. The molecule has 0 aromatic carbocycles. The number of nitrogens with zero attached hydrogens (tertiary/aromatic N) is 2. The van der Waals surface area contributed by atoms with Crippen molar-refractivity contribution in [3.63, 3.8) is 0 Å². The largest absolute Gasteiger partial charge is 0.359 e. The van der Waals surface area contributed by atoms with Crippen molar-refractivity contribution in [2.75, 3.05) is 11.9 Å². The Hall–Kier alpha value is -1.36. The zero-order valence-electron chi connectivity index (χ0n) is 10.7. The first-order valence-corrected chi connectivity index (χ1v) is 6.69. The molecule has 0 radical (unpaired) electrons. The maximum atomic E-state index is 12.3. The van der Waals surface area contributed by atoms with E-state index in [0.717, 1.165) is 12.8 Å². The van der Waals surface area contributed by atoms with Gasteiger partial charge >= 0.3 is 0 Å². The van der Waals surface area contributed by atoms with Crippen molar-refractivity contribution in [1.29, 1.82) is 0 Å². The fourth-order valence-electron chi connectivity index (χ4n) is 2.46. The van der Waals surface area contributed by atoms with Crippen LogP contribution in [0, 0.1) is 5.92 Å². The summed E-state index contributed by atoms with van der Waals surface area (Å²) in [5.74, 6) is 1.02. The second kappa shape index (κ2) is 4.09. The van der Waals surface area contributed by atoms with E-state index in [0.29, 0.717) is 24.3 Å². The highest BCUT2D eigenvalue weighted by atomic mass is 16.1. The van der Waals surface area contributed by atoms with Crippen LogP contribution < -0.4 is 16.6 Å². The van der Waals surface area contributed by atoms with Crippen LogP contribution in [0.1, 0.15) is 38.6 Å². The van der Waals surface area contributed by atoms with Crippen LogP contribution in [0.2, 0.25) is 0 Å². The lowest BCUT2D eigenvalue weighted by Gasteiger charge is -2.29. The van der Waals surface area contributed by atoms with Gasteiger partial charge in [-0.2, -0.15) is 0 Å². The first kappa shape index (κ1) is 11.7. The van der Waals surface area contributed by atoms with Crippen LogP contribution in [0.5, 0.6) is 0 Å². The van der Waals surface area contributed by atoms with E-state index in [2.05, 4.69) is 17.2 Å². The number of nitrogens with one attached hydrogen (secondary N) is 1. The molecule has 18 heavy (non-hydrogen) atoms. The van der Waals surface area contributed by atoms with Gasteiger partial charge in [0.1, 0.15) is 0 Å². The summed E-state index contributed by atoms with van der Waals surface area (Å²) in [7, 11) is 0. The normalized spacial score (nSPS) is 22.6. The number of hydrogen-bond acceptors (Lipinski definition) is 4. The van der Waals surface area contributed by atoms with Crippen LogP contribution in [0.3, 0.4) is 0 Å². The lowest BCUT2D eigenvalue weighted by atomic mass is 9.96. The topological polar surface area (TPSA) is 72.9 Å². The fraction of sp³-hybridized carbons (Fsp3) is 0.692. The van der Waals surface area contributed by atoms with E-state index in [4.69, 9.17) is 5.73 Å². The maximum absolute atomic E-state index is 12.3. The molecule has 3 N–H and O–H groups in total. The summed E-state index contributed by atoms with van der Waals surface area (Å²) in [6, 6.07) is 0.381. The van der Waals surface area contributed by atoms with Crippen molar-refractivity contribution >= 4 is 5.82 Å². The SMILES string of the molecule is CC(CN)(Nc1nccn(C2CC2)c1=O)C1CC1. The minimum absolute atomic E-state index is 0.0136. The average molecular weight is 248 g/mol. The van der Waals surface area contributed by atoms with Crippen LogP contribution in [-0.2, 0) is 0 Å². The van der Waals surface area contributed by atoms with Gasteiger partial charge in [0.25, 0.3) is 5.56 Å². The van der Waals surface area contributed by atoms with Gasteiger partial charge in [0.2, 0.25) is 0 Å². The predicted molar refractivity (Wildman–Crippen MR) is 70.6 cm³/mol. The molecule has 2 aliphatic carbocycles. The first-order valence-electron chi connectivity index (χ1n) is 6.69. The van der Waals surface area contributed by atoms with Gasteiger partial charge in [0.15, 0.2) is 5.82 Å². The number of rotatable bonds is 5. The van der Waals surface area contributed by atoms with Crippen molar-refractivity contribution in [3.8, 4) is 0 Å². The Morgan fingerprint density at radius 1 is 1.50 bits per heavy atom. The molecule has 2 saturated carbocycles. The van der Waals surface area contributed by atoms with Gasteiger partial charge in [0.05, 0.1) is 5.54 Å². The third-order valence-corrected chi connectivity index (χ3v) is 4.11. The van der Waals surface area contributed by atoms with Crippen LogP contribution in [0.15, 0.2) is 17.2 Å². The number of aromatic nitrogens is 2. The molecule has 0 aliphatic heterocycles. The summed E-state index contributed by atoms with van der Waals surface area (Å²) in [5.41, 5.74) is 5.64. The van der Waals surface area contributed by atoms with Gasteiger partial charge in [-0.3, -0.25) is 4.79 Å². The van der Waals surface area contributed by atoms with E-state index in [-0.39, 0.29) is 11.1 Å². The Balaban J connectivity index is 1.87. The van der Waals surface area contributed by atoms with Gasteiger partial charge < -0.3 is 15.6 Å². The monoisotopic (exact) mass is 248 g/mol. The smallest absolute Gasteiger partial charge is 0.293 e. The molecule has 1 aromatic rings. The lowest BCUT2D eigenvalue weighted by Crippen LogP contribution is -2.46. The number of nitrogens with two attached hydrogens (primary N) is 1. The molecular weight excluding hydrogens is 228 g/mol. The van der Waals surface area contributed by atoms with Crippen molar-refractivity contribution < 1.29 is 0 Å². The highest BCUT2D eigenvalue weighted by molar-refractivity contribution is 5.36. The van der Waals surface area contributed by atoms with E-state index in [9.17, 15) is 4.79 Å². The molecule has 98 valence electrons. The van der Waals surface area contributed by atoms with Crippen molar-refractivity contribution in [3.05, 3.63) is 22.7 Å². The van der Waals surface area contributed by atoms with Gasteiger partial charge in [-0.05, 0) is 38.5 Å². The standard InChI is InChI=1S/C13H20N4O/c1-13(8-14,9-2-3-9)16-11-12(18)17(7-6-15-11)10-4-5-10/h6-7,9-10H,2-5,8,14H2,1H3,(H,15,16). The van der Waals surface area contributed by atoms with E-state index in [1.807, 2.05) is 0 Å². The third kappa shape index (κ3) is 2.03. The molecule has 5 nitrogen and oxygen atoms in total. The summed E-state index contributed by atoms with van der Waals surface area (Å²) in [4.78, 5) is 16.5. The Kier molecular flexibility index (Phi) is 2.66. The molecule has 1 unspecified atom stereocenters. The highest BCUT2D eigenvalue weighted by Crippen LogP contribution is 2.40. The first-order chi connectivity index (χ1) is 8.64. The molecule has 0 bridgehead atoms. The van der Waals surface area contributed by atoms with Gasteiger partial charge in [-0.1, -0.05) is 0 Å². The van der Waals surface area contributed by atoms with Gasteiger partial charge in [0, 0.05) is 25.0 Å². The molecule has 0 saturated heterocycles. The second-order valence-corrected chi connectivity index (χ2v) is 5.74. The summed E-state index contributed by atoms with van der Waals surface area (Å²) < 4.78 is 1.79. The van der Waals surface area contributed by atoms with Crippen molar-refractivity contribution in [2.45, 2.75) is 44.2 Å². The molecule has 5 heteroatoms. The quantitative estimate of drug-likeness (QED) is 0.819. The molecule has 2 fully saturated rings. The molecule has 1 atom stereocenters. The van der Waals surface area contributed by atoms with E-state index in [1.54, 1.807) is 17.0 Å². The average Bonchev–Trinajstić information content (AvgIpc) is 3.22. The fourth-order valence-corrected chi connectivity index (χ4v) is 2.46. The molecule has 1 heterocycles. The number of hydrogen-bond donors (Lipinski definition) is 2. The molecule has 1 aromatic heterocycles. The minimum Gasteiger partial charge on any atom is -0.359 e. The summed E-state index contributed by atoms with van der Waals surface area (Å²) >= 11 is 0. The maximum Gasteiger partial charge on any atom is 0.293 e. The molecule has 0 amide bonds. The summed E-state index contributed by atoms with van der Waals surface area (Å²) in [5, 5.41) is 3.29. The third-order valence-electron chi connectivity index (χ3n) is 4.11. The summed E-state index contributed by atoms with van der Waals surface area (Å²) in [6.45, 7) is 2.61. The summed E-state index contributed by atoms with van der Waals surface area (Å²) in [6.07, 6.45) is 8.04. The molecule has 2 aliphatic rings. The molecule has 0 spiro atoms. The van der Waals surface area contributed by atoms with Crippen LogP contribution in [0.25, 0.3) is 0 Å². The predicted octanol–water partition coefficient (Wildman–Crippen LogP) is 1.12. The van der Waals surface area contributed by atoms with Gasteiger partial charge in [-0.15, -0.1) is 0 Å². The van der Waals surface area contributed by atoms with E-state index >= 15 is 0 Å². The Labute approximate surface area is 106 Å².